The van der Waals surface area contributed by atoms with Crippen LogP contribution in [-0.4, -0.2) is 24.9 Å². The Morgan fingerprint density at radius 3 is 2.38 bits per heavy atom. The molecule has 0 radical (unpaired) electrons. The molecule has 1 aliphatic rings. The van der Waals surface area contributed by atoms with Gasteiger partial charge in [-0.25, -0.2) is 0 Å². The summed E-state index contributed by atoms with van der Waals surface area (Å²) >= 11 is 0. The quantitative estimate of drug-likeness (QED) is 0.773. The van der Waals surface area contributed by atoms with Gasteiger partial charge in [0.1, 0.15) is 0 Å². The highest BCUT2D eigenvalue weighted by molar-refractivity contribution is 4.92. The van der Waals surface area contributed by atoms with Crippen molar-refractivity contribution in [3.8, 4) is 0 Å². The lowest BCUT2D eigenvalue weighted by molar-refractivity contribution is -0.136. The average Bonchev–Trinajstić information content (AvgIpc) is 2.09. The van der Waals surface area contributed by atoms with E-state index >= 15 is 0 Å². The number of halogens is 3. The van der Waals surface area contributed by atoms with Crippen LogP contribution in [0.5, 0.6) is 0 Å². The van der Waals surface area contributed by atoms with E-state index in [2.05, 4.69) is 0 Å². The van der Waals surface area contributed by atoms with Crippen LogP contribution in [0, 0.1) is 0 Å². The Kier molecular flexibility index (Phi) is 4.62. The van der Waals surface area contributed by atoms with Gasteiger partial charge in [-0.1, -0.05) is 0 Å². The van der Waals surface area contributed by atoms with Crippen LogP contribution < -0.4 is 5.73 Å². The minimum Gasteiger partial charge on any atom is -0.378 e. The Hall–Kier alpha value is -0.290. The number of ether oxygens (including phenoxy) is 1. The molecule has 0 spiro atoms. The van der Waals surface area contributed by atoms with Gasteiger partial charge in [-0.3, -0.25) is 0 Å². The molecule has 5 heteroatoms. The first kappa shape index (κ1) is 13.8. The standard InChI is InChI=1S/C11H20F3NO/c1-16-10(5-3-6-10)8-9(15)4-2-7-11(12,13)14/h9H,2-8,15H2,1H3. The minimum absolute atomic E-state index is 0.116. The zero-order valence-corrected chi connectivity index (χ0v) is 9.65. The molecule has 0 bridgehead atoms. The number of rotatable bonds is 6. The highest BCUT2D eigenvalue weighted by Crippen LogP contribution is 2.39. The fraction of sp³-hybridized carbons (Fsp3) is 1.00. The van der Waals surface area contributed by atoms with Gasteiger partial charge in [0.2, 0.25) is 0 Å². The Morgan fingerprint density at radius 1 is 1.38 bits per heavy atom. The Morgan fingerprint density at radius 2 is 2.00 bits per heavy atom. The molecule has 1 aliphatic carbocycles. The predicted molar refractivity (Wildman–Crippen MR) is 56.1 cm³/mol. The monoisotopic (exact) mass is 239 g/mol. The number of alkyl halides is 3. The van der Waals surface area contributed by atoms with Gasteiger partial charge in [0.25, 0.3) is 0 Å². The molecule has 0 saturated heterocycles. The number of nitrogens with two attached hydrogens (primary N) is 1. The van der Waals surface area contributed by atoms with Crippen molar-refractivity contribution >= 4 is 0 Å². The smallest absolute Gasteiger partial charge is 0.378 e. The van der Waals surface area contributed by atoms with Crippen LogP contribution in [0.3, 0.4) is 0 Å². The lowest BCUT2D eigenvalue weighted by Gasteiger charge is -2.42. The van der Waals surface area contributed by atoms with Crippen LogP contribution in [0.2, 0.25) is 0 Å². The molecule has 1 fully saturated rings. The fourth-order valence-electron chi connectivity index (χ4n) is 2.21. The lowest BCUT2D eigenvalue weighted by Crippen LogP contribution is -2.44. The van der Waals surface area contributed by atoms with Gasteiger partial charge < -0.3 is 10.5 Å². The third-order valence-electron chi connectivity index (χ3n) is 3.37. The molecular weight excluding hydrogens is 219 g/mol. The molecule has 1 atom stereocenters. The molecule has 16 heavy (non-hydrogen) atoms. The molecule has 2 N–H and O–H groups in total. The van der Waals surface area contributed by atoms with Gasteiger partial charge in [0.15, 0.2) is 0 Å². The van der Waals surface area contributed by atoms with Crippen molar-refractivity contribution in [3.63, 3.8) is 0 Å². The molecule has 0 aromatic heterocycles. The Labute approximate surface area is 94.3 Å². The van der Waals surface area contributed by atoms with Crippen molar-refractivity contribution < 1.29 is 17.9 Å². The van der Waals surface area contributed by atoms with E-state index in [1.807, 2.05) is 0 Å². The van der Waals surface area contributed by atoms with E-state index in [0.717, 1.165) is 19.3 Å². The van der Waals surface area contributed by atoms with Crippen molar-refractivity contribution in [2.24, 2.45) is 5.73 Å². The van der Waals surface area contributed by atoms with Crippen LogP contribution in [-0.2, 0) is 4.74 Å². The summed E-state index contributed by atoms with van der Waals surface area (Å²) in [6, 6.07) is -0.178. The van der Waals surface area contributed by atoms with E-state index in [1.54, 1.807) is 7.11 Å². The first-order chi connectivity index (χ1) is 7.37. The second-order valence-electron chi connectivity index (χ2n) is 4.71. The van der Waals surface area contributed by atoms with Crippen LogP contribution in [0.25, 0.3) is 0 Å². The third kappa shape index (κ3) is 4.29. The predicted octanol–water partition coefficient (Wildman–Crippen LogP) is 3.01. The van der Waals surface area contributed by atoms with Crippen molar-refractivity contribution in [3.05, 3.63) is 0 Å². The summed E-state index contributed by atoms with van der Waals surface area (Å²) in [5.74, 6) is 0. The first-order valence-electron chi connectivity index (χ1n) is 5.74. The van der Waals surface area contributed by atoms with Gasteiger partial charge in [-0.2, -0.15) is 13.2 Å². The van der Waals surface area contributed by atoms with Gasteiger partial charge in [-0.15, -0.1) is 0 Å². The van der Waals surface area contributed by atoms with Gasteiger partial charge >= 0.3 is 6.18 Å². The van der Waals surface area contributed by atoms with Crippen molar-refractivity contribution in [2.45, 2.75) is 62.8 Å². The molecule has 1 saturated carbocycles. The Balaban J connectivity index is 2.18. The highest BCUT2D eigenvalue weighted by Gasteiger charge is 2.38. The van der Waals surface area contributed by atoms with Crippen molar-refractivity contribution in [2.75, 3.05) is 7.11 Å². The van der Waals surface area contributed by atoms with Gasteiger partial charge in [0.05, 0.1) is 5.60 Å². The molecule has 0 aromatic rings. The summed E-state index contributed by atoms with van der Waals surface area (Å²) in [6.07, 6.45) is -0.484. The maximum atomic E-state index is 11.9. The molecule has 96 valence electrons. The van der Waals surface area contributed by atoms with Gasteiger partial charge in [0, 0.05) is 19.6 Å². The summed E-state index contributed by atoms with van der Waals surface area (Å²) in [6.45, 7) is 0. The van der Waals surface area contributed by atoms with Crippen LogP contribution in [0.4, 0.5) is 13.2 Å². The lowest BCUT2D eigenvalue weighted by atomic mass is 9.75. The first-order valence-corrected chi connectivity index (χ1v) is 5.74. The topological polar surface area (TPSA) is 35.2 Å². The van der Waals surface area contributed by atoms with E-state index in [1.165, 1.54) is 0 Å². The van der Waals surface area contributed by atoms with E-state index in [-0.39, 0.29) is 18.1 Å². The Bertz CT molecular complexity index is 208. The fourth-order valence-corrected chi connectivity index (χ4v) is 2.21. The van der Waals surface area contributed by atoms with E-state index < -0.39 is 12.6 Å². The van der Waals surface area contributed by atoms with Gasteiger partial charge in [-0.05, 0) is 38.5 Å². The SMILES string of the molecule is COC1(CC(N)CCCC(F)(F)F)CCC1. The van der Waals surface area contributed by atoms with Crippen LogP contribution in [0.1, 0.15) is 44.9 Å². The third-order valence-corrected chi connectivity index (χ3v) is 3.37. The highest BCUT2D eigenvalue weighted by atomic mass is 19.4. The molecule has 1 rings (SSSR count). The van der Waals surface area contributed by atoms with Crippen molar-refractivity contribution in [1.82, 2.24) is 0 Å². The summed E-state index contributed by atoms with van der Waals surface area (Å²) in [7, 11) is 1.65. The minimum atomic E-state index is -4.06. The molecule has 0 aliphatic heterocycles. The normalized spacial score (nSPS) is 21.6. The summed E-state index contributed by atoms with van der Waals surface area (Å²) in [5, 5.41) is 0. The average molecular weight is 239 g/mol. The summed E-state index contributed by atoms with van der Waals surface area (Å²) in [4.78, 5) is 0. The van der Waals surface area contributed by atoms with Crippen LogP contribution in [0.15, 0.2) is 0 Å². The molecule has 1 unspecified atom stereocenters. The second-order valence-corrected chi connectivity index (χ2v) is 4.71. The van der Waals surface area contributed by atoms with Crippen molar-refractivity contribution in [1.29, 1.82) is 0 Å². The van der Waals surface area contributed by atoms with E-state index in [9.17, 15) is 13.2 Å². The summed E-state index contributed by atoms with van der Waals surface area (Å²) < 4.78 is 41.2. The van der Waals surface area contributed by atoms with E-state index in [4.69, 9.17) is 10.5 Å². The molecule has 0 amide bonds. The van der Waals surface area contributed by atoms with E-state index in [0.29, 0.717) is 12.8 Å². The number of hydrogen-bond donors (Lipinski definition) is 1. The summed E-state index contributed by atoms with van der Waals surface area (Å²) in [5.41, 5.74) is 5.69. The molecule has 0 aromatic carbocycles. The molecule has 2 nitrogen and oxygen atoms in total. The molecular formula is C11H20F3NO. The van der Waals surface area contributed by atoms with Crippen LogP contribution >= 0.6 is 0 Å². The number of hydrogen-bond acceptors (Lipinski definition) is 2. The zero-order chi connectivity index (χ0) is 12.2. The number of methoxy groups -OCH3 is 1. The molecule has 0 heterocycles. The maximum Gasteiger partial charge on any atom is 0.389 e. The maximum absolute atomic E-state index is 11.9. The largest absolute Gasteiger partial charge is 0.389 e. The zero-order valence-electron chi connectivity index (χ0n) is 9.65. The second kappa shape index (κ2) is 5.36.